The van der Waals surface area contributed by atoms with Crippen LogP contribution in [0.15, 0.2) is 36.4 Å². The minimum absolute atomic E-state index is 0.149. The van der Waals surface area contributed by atoms with Gasteiger partial charge in [-0.1, -0.05) is 39.0 Å². The average Bonchev–Trinajstić information content (AvgIpc) is 2.55. The number of ether oxygens (including phenoxy) is 2. The maximum Gasteiger partial charge on any atom is 0.131 e. The smallest absolute Gasteiger partial charge is 0.131 e. The largest absolute Gasteiger partial charge is 0.497 e. The van der Waals surface area contributed by atoms with Gasteiger partial charge in [0.15, 0.2) is 0 Å². The summed E-state index contributed by atoms with van der Waals surface area (Å²) in [5.74, 6) is 0.719. The lowest BCUT2D eigenvalue weighted by Gasteiger charge is -2.31. The van der Waals surface area contributed by atoms with Crippen molar-refractivity contribution in [3.63, 3.8) is 0 Å². The Morgan fingerprint density at radius 3 is 2.29 bits per heavy atom. The number of benzene rings is 2. The Labute approximate surface area is 148 Å². The van der Waals surface area contributed by atoms with Crippen LogP contribution in [0.5, 0.6) is 5.75 Å². The van der Waals surface area contributed by atoms with Gasteiger partial charge in [-0.2, -0.15) is 0 Å². The van der Waals surface area contributed by atoms with Gasteiger partial charge in [-0.05, 0) is 40.3 Å². The first kappa shape index (κ1) is 18.8. The summed E-state index contributed by atoms with van der Waals surface area (Å²) < 4.78 is 25.5. The Morgan fingerprint density at radius 2 is 1.75 bits per heavy atom. The van der Waals surface area contributed by atoms with Crippen molar-refractivity contribution in [3.8, 4) is 16.9 Å². The van der Waals surface area contributed by atoms with E-state index in [9.17, 15) is 4.39 Å². The highest BCUT2D eigenvalue weighted by Crippen LogP contribution is 2.42. The van der Waals surface area contributed by atoms with Crippen LogP contribution >= 0.6 is 11.6 Å². The standard InChI is InChI=1S/C20H24ClFO2/c1-20(2,3)19(24-5)17-10-13(12-21)6-8-15(17)16-11-14(23-4)7-9-18(16)22/h6-11,19H,12H2,1-5H3/t19-/m0/s1. The van der Waals surface area contributed by atoms with Gasteiger partial charge in [-0.15, -0.1) is 11.6 Å². The van der Waals surface area contributed by atoms with Gasteiger partial charge in [0.1, 0.15) is 11.6 Å². The third-order valence-corrected chi connectivity index (χ3v) is 4.35. The monoisotopic (exact) mass is 350 g/mol. The minimum atomic E-state index is -0.292. The first-order valence-electron chi connectivity index (χ1n) is 7.87. The number of halogens is 2. The summed E-state index contributed by atoms with van der Waals surface area (Å²) in [5, 5.41) is 0. The minimum Gasteiger partial charge on any atom is -0.497 e. The van der Waals surface area contributed by atoms with Crippen LogP contribution in [0.25, 0.3) is 11.1 Å². The molecule has 2 aromatic carbocycles. The average molecular weight is 351 g/mol. The van der Waals surface area contributed by atoms with Crippen LogP contribution in [-0.2, 0) is 10.6 Å². The molecule has 0 radical (unpaired) electrons. The lowest BCUT2D eigenvalue weighted by molar-refractivity contribution is 0.0155. The highest BCUT2D eigenvalue weighted by Gasteiger charge is 2.29. The molecule has 0 fully saturated rings. The van der Waals surface area contributed by atoms with Crippen molar-refractivity contribution in [1.82, 2.24) is 0 Å². The van der Waals surface area contributed by atoms with Crippen molar-refractivity contribution in [3.05, 3.63) is 53.3 Å². The van der Waals surface area contributed by atoms with E-state index >= 15 is 0 Å². The van der Waals surface area contributed by atoms with Crippen LogP contribution in [0.3, 0.4) is 0 Å². The zero-order valence-electron chi connectivity index (χ0n) is 14.8. The van der Waals surface area contributed by atoms with Crippen LogP contribution < -0.4 is 4.74 Å². The predicted molar refractivity (Wildman–Crippen MR) is 97.2 cm³/mol. The molecule has 2 rings (SSSR count). The normalized spacial score (nSPS) is 13.0. The molecule has 24 heavy (non-hydrogen) atoms. The number of methoxy groups -OCH3 is 2. The Bertz CT molecular complexity index is 707. The van der Waals surface area contributed by atoms with Gasteiger partial charge in [-0.25, -0.2) is 4.39 Å². The summed E-state index contributed by atoms with van der Waals surface area (Å²) in [6, 6.07) is 10.6. The Morgan fingerprint density at radius 1 is 1.04 bits per heavy atom. The Hall–Kier alpha value is -1.58. The van der Waals surface area contributed by atoms with Crippen LogP contribution in [0, 0.1) is 11.2 Å². The highest BCUT2D eigenvalue weighted by atomic mass is 35.5. The van der Waals surface area contributed by atoms with Gasteiger partial charge >= 0.3 is 0 Å². The van der Waals surface area contributed by atoms with Gasteiger partial charge < -0.3 is 9.47 Å². The van der Waals surface area contributed by atoms with E-state index in [0.717, 1.165) is 16.7 Å². The molecule has 0 spiro atoms. The molecule has 0 amide bonds. The zero-order chi connectivity index (χ0) is 17.9. The van der Waals surface area contributed by atoms with Crippen LogP contribution in [-0.4, -0.2) is 14.2 Å². The molecular weight excluding hydrogens is 327 g/mol. The first-order valence-corrected chi connectivity index (χ1v) is 8.40. The van der Waals surface area contributed by atoms with Gasteiger partial charge in [-0.3, -0.25) is 0 Å². The summed E-state index contributed by atoms with van der Waals surface area (Å²) in [4.78, 5) is 0. The SMILES string of the molecule is COc1ccc(F)c(-c2ccc(CCl)cc2[C@H](OC)C(C)(C)C)c1. The maximum absolute atomic E-state index is 14.5. The molecule has 0 aromatic heterocycles. The second-order valence-corrected chi connectivity index (χ2v) is 7.15. The van der Waals surface area contributed by atoms with Crippen molar-refractivity contribution in [2.75, 3.05) is 14.2 Å². The van der Waals surface area contributed by atoms with E-state index in [1.807, 2.05) is 18.2 Å². The number of alkyl halides is 1. The van der Waals surface area contributed by atoms with E-state index in [1.54, 1.807) is 26.4 Å². The zero-order valence-corrected chi connectivity index (χ0v) is 15.6. The van der Waals surface area contributed by atoms with Crippen molar-refractivity contribution in [2.24, 2.45) is 5.41 Å². The van der Waals surface area contributed by atoms with Gasteiger partial charge in [0.2, 0.25) is 0 Å². The number of rotatable bonds is 5. The molecule has 0 aliphatic rings. The van der Waals surface area contributed by atoms with Gasteiger partial charge in [0.25, 0.3) is 0 Å². The lowest BCUT2D eigenvalue weighted by atomic mass is 9.81. The molecule has 0 saturated carbocycles. The quantitative estimate of drug-likeness (QED) is 0.618. The molecule has 0 unspecified atom stereocenters. The molecule has 0 heterocycles. The van der Waals surface area contributed by atoms with E-state index in [4.69, 9.17) is 21.1 Å². The Balaban J connectivity index is 2.70. The van der Waals surface area contributed by atoms with Gasteiger partial charge in [0.05, 0.1) is 13.2 Å². The predicted octanol–water partition coefficient (Wildman–Crippen LogP) is 5.97. The molecule has 0 saturated heterocycles. The third kappa shape index (κ3) is 3.90. The fourth-order valence-electron chi connectivity index (χ4n) is 2.94. The number of hydrogen-bond acceptors (Lipinski definition) is 2. The second-order valence-electron chi connectivity index (χ2n) is 6.88. The van der Waals surface area contributed by atoms with Crippen molar-refractivity contribution < 1.29 is 13.9 Å². The summed E-state index contributed by atoms with van der Waals surface area (Å²) in [5.41, 5.74) is 3.04. The van der Waals surface area contributed by atoms with Crippen LogP contribution in [0.1, 0.15) is 38.0 Å². The van der Waals surface area contributed by atoms with Gasteiger partial charge in [0, 0.05) is 18.6 Å². The summed E-state index contributed by atoms with van der Waals surface area (Å²) in [6.07, 6.45) is -0.193. The van der Waals surface area contributed by atoms with E-state index in [-0.39, 0.29) is 17.3 Å². The maximum atomic E-state index is 14.5. The molecule has 0 bridgehead atoms. The van der Waals surface area contributed by atoms with Crippen molar-refractivity contribution in [2.45, 2.75) is 32.8 Å². The fourth-order valence-corrected chi connectivity index (χ4v) is 3.11. The summed E-state index contributed by atoms with van der Waals surface area (Å²) >= 11 is 6.00. The molecule has 2 aromatic rings. The molecule has 2 nitrogen and oxygen atoms in total. The molecule has 4 heteroatoms. The molecule has 0 N–H and O–H groups in total. The van der Waals surface area contributed by atoms with E-state index < -0.39 is 0 Å². The molecule has 0 aliphatic heterocycles. The number of hydrogen-bond donors (Lipinski definition) is 0. The fraction of sp³-hybridized carbons (Fsp3) is 0.400. The lowest BCUT2D eigenvalue weighted by Crippen LogP contribution is -2.21. The molecule has 0 aliphatic carbocycles. The molecular formula is C20H24ClFO2. The molecule has 130 valence electrons. The summed E-state index contributed by atoms with van der Waals surface area (Å²) in [7, 11) is 3.25. The van der Waals surface area contributed by atoms with Crippen LogP contribution in [0.2, 0.25) is 0 Å². The highest BCUT2D eigenvalue weighted by molar-refractivity contribution is 6.17. The Kier molecular flexibility index (Phi) is 5.89. The van der Waals surface area contributed by atoms with E-state index in [0.29, 0.717) is 17.2 Å². The topological polar surface area (TPSA) is 18.5 Å². The third-order valence-electron chi connectivity index (χ3n) is 4.04. The first-order chi connectivity index (χ1) is 11.3. The van der Waals surface area contributed by atoms with Crippen LogP contribution in [0.4, 0.5) is 4.39 Å². The molecule has 1 atom stereocenters. The van der Waals surface area contributed by atoms with E-state index in [1.165, 1.54) is 6.07 Å². The second kappa shape index (κ2) is 7.54. The van der Waals surface area contributed by atoms with Crippen molar-refractivity contribution >= 4 is 11.6 Å². The summed E-state index contributed by atoms with van der Waals surface area (Å²) in [6.45, 7) is 6.29. The van der Waals surface area contributed by atoms with Crippen molar-refractivity contribution in [1.29, 1.82) is 0 Å². The van der Waals surface area contributed by atoms with E-state index in [2.05, 4.69) is 20.8 Å².